The van der Waals surface area contributed by atoms with Gasteiger partial charge in [-0.3, -0.25) is 0 Å². The molecule has 0 aromatic rings. The lowest BCUT2D eigenvalue weighted by Crippen LogP contribution is -2.20. The SMILES string of the molecule is C/C=C1\CC2CC(COC(=O)OC)C1C2. The van der Waals surface area contributed by atoms with Gasteiger partial charge in [-0.1, -0.05) is 11.6 Å². The van der Waals surface area contributed by atoms with Gasteiger partial charge < -0.3 is 9.47 Å². The largest absolute Gasteiger partial charge is 0.507 e. The van der Waals surface area contributed by atoms with Crippen molar-refractivity contribution in [2.75, 3.05) is 13.7 Å². The van der Waals surface area contributed by atoms with Gasteiger partial charge in [-0.2, -0.15) is 0 Å². The Hall–Kier alpha value is -0.990. The van der Waals surface area contributed by atoms with Gasteiger partial charge in [0, 0.05) is 5.92 Å². The second-order valence-electron chi connectivity index (χ2n) is 4.54. The first-order valence-corrected chi connectivity index (χ1v) is 5.60. The zero-order valence-electron chi connectivity index (χ0n) is 9.36. The Morgan fingerprint density at radius 1 is 1.53 bits per heavy atom. The van der Waals surface area contributed by atoms with Gasteiger partial charge in [0.1, 0.15) is 0 Å². The van der Waals surface area contributed by atoms with Gasteiger partial charge in [0.05, 0.1) is 13.7 Å². The van der Waals surface area contributed by atoms with Gasteiger partial charge in [0.2, 0.25) is 0 Å². The van der Waals surface area contributed by atoms with Crippen molar-refractivity contribution >= 4 is 6.16 Å². The summed E-state index contributed by atoms with van der Waals surface area (Å²) < 4.78 is 9.50. The molecule has 0 saturated heterocycles. The first kappa shape index (κ1) is 10.5. The number of carbonyl (C=O) groups is 1. The van der Waals surface area contributed by atoms with Gasteiger partial charge in [0.15, 0.2) is 0 Å². The molecule has 0 heterocycles. The van der Waals surface area contributed by atoms with Gasteiger partial charge in [0.25, 0.3) is 0 Å². The number of fused-ring (bicyclic) bond motifs is 2. The second kappa shape index (κ2) is 4.25. The first-order chi connectivity index (χ1) is 7.24. The van der Waals surface area contributed by atoms with E-state index >= 15 is 0 Å². The molecule has 2 saturated carbocycles. The number of methoxy groups -OCH3 is 1. The van der Waals surface area contributed by atoms with Crippen LogP contribution in [-0.2, 0) is 9.47 Å². The van der Waals surface area contributed by atoms with E-state index in [-0.39, 0.29) is 0 Å². The molecule has 3 unspecified atom stereocenters. The van der Waals surface area contributed by atoms with Crippen molar-refractivity contribution in [2.24, 2.45) is 17.8 Å². The van der Waals surface area contributed by atoms with Crippen LogP contribution in [0.15, 0.2) is 11.6 Å². The lowest BCUT2D eigenvalue weighted by molar-refractivity contribution is 0.0549. The Bertz CT molecular complexity index is 283. The van der Waals surface area contributed by atoms with E-state index in [9.17, 15) is 4.79 Å². The van der Waals surface area contributed by atoms with Crippen molar-refractivity contribution in [3.8, 4) is 0 Å². The average Bonchev–Trinajstić information content (AvgIpc) is 2.84. The number of rotatable bonds is 2. The lowest BCUT2D eigenvalue weighted by Gasteiger charge is -2.23. The molecule has 0 aromatic carbocycles. The molecule has 2 rings (SSSR count). The zero-order valence-corrected chi connectivity index (χ0v) is 9.36. The van der Waals surface area contributed by atoms with Crippen molar-refractivity contribution < 1.29 is 14.3 Å². The van der Waals surface area contributed by atoms with Crippen LogP contribution < -0.4 is 0 Å². The predicted molar refractivity (Wildman–Crippen MR) is 56.4 cm³/mol. The van der Waals surface area contributed by atoms with Crippen LogP contribution in [-0.4, -0.2) is 19.9 Å². The molecule has 15 heavy (non-hydrogen) atoms. The van der Waals surface area contributed by atoms with Gasteiger partial charge in [-0.05, 0) is 38.0 Å². The van der Waals surface area contributed by atoms with Crippen molar-refractivity contribution in [1.82, 2.24) is 0 Å². The van der Waals surface area contributed by atoms with Crippen LogP contribution in [0.5, 0.6) is 0 Å². The van der Waals surface area contributed by atoms with Crippen molar-refractivity contribution in [3.63, 3.8) is 0 Å². The molecule has 0 aromatic heterocycles. The minimum atomic E-state index is -0.556. The summed E-state index contributed by atoms with van der Waals surface area (Å²) in [7, 11) is 1.35. The van der Waals surface area contributed by atoms with Crippen LogP contribution in [0.3, 0.4) is 0 Å². The standard InChI is InChI=1S/C12H18O3/c1-3-9-4-8-5-10(11(9)6-8)7-15-12(13)14-2/h3,8,10-11H,4-7H2,1-2H3/b9-3+. The minimum Gasteiger partial charge on any atom is -0.438 e. The number of hydrogen-bond acceptors (Lipinski definition) is 3. The molecule has 3 heteroatoms. The maximum absolute atomic E-state index is 10.9. The highest BCUT2D eigenvalue weighted by atomic mass is 16.7. The third-order valence-electron chi connectivity index (χ3n) is 3.75. The van der Waals surface area contributed by atoms with Crippen LogP contribution in [0.2, 0.25) is 0 Å². The summed E-state index contributed by atoms with van der Waals surface area (Å²) in [6.07, 6.45) is 5.43. The third kappa shape index (κ3) is 2.01. The van der Waals surface area contributed by atoms with Crippen molar-refractivity contribution in [1.29, 1.82) is 0 Å². The Morgan fingerprint density at radius 3 is 2.93 bits per heavy atom. The van der Waals surface area contributed by atoms with Crippen LogP contribution in [0, 0.1) is 17.8 Å². The van der Waals surface area contributed by atoms with E-state index < -0.39 is 6.16 Å². The molecule has 3 nitrogen and oxygen atoms in total. The summed E-state index contributed by atoms with van der Waals surface area (Å²) in [6, 6.07) is 0. The fourth-order valence-corrected chi connectivity index (χ4v) is 3.10. The molecule has 0 amide bonds. The monoisotopic (exact) mass is 210 g/mol. The van der Waals surface area contributed by atoms with Gasteiger partial charge in [-0.15, -0.1) is 0 Å². The first-order valence-electron chi connectivity index (χ1n) is 5.60. The average molecular weight is 210 g/mol. The van der Waals surface area contributed by atoms with E-state index in [4.69, 9.17) is 4.74 Å². The topological polar surface area (TPSA) is 35.5 Å². The number of carbonyl (C=O) groups excluding carboxylic acids is 1. The summed E-state index contributed by atoms with van der Waals surface area (Å²) in [4.78, 5) is 10.9. The van der Waals surface area contributed by atoms with E-state index in [0.29, 0.717) is 18.4 Å². The van der Waals surface area contributed by atoms with E-state index in [1.165, 1.54) is 26.4 Å². The molecule has 2 fully saturated rings. The lowest BCUT2D eigenvalue weighted by atomic mass is 9.85. The molecule has 2 aliphatic rings. The number of ether oxygens (including phenoxy) is 2. The van der Waals surface area contributed by atoms with E-state index in [1.807, 2.05) is 0 Å². The van der Waals surface area contributed by atoms with Crippen molar-refractivity contribution in [2.45, 2.75) is 26.2 Å². The summed E-state index contributed by atoms with van der Waals surface area (Å²) in [5.74, 6) is 2.01. The fraction of sp³-hybridized carbons (Fsp3) is 0.750. The zero-order chi connectivity index (χ0) is 10.8. The van der Waals surface area contributed by atoms with Gasteiger partial charge in [-0.25, -0.2) is 4.79 Å². The van der Waals surface area contributed by atoms with Crippen LogP contribution in [0.4, 0.5) is 4.79 Å². The fourth-order valence-electron chi connectivity index (χ4n) is 3.10. The van der Waals surface area contributed by atoms with E-state index in [1.54, 1.807) is 5.57 Å². The Labute approximate surface area is 90.4 Å². The quantitative estimate of drug-likeness (QED) is 0.519. The minimum absolute atomic E-state index is 0.519. The molecule has 84 valence electrons. The smallest absolute Gasteiger partial charge is 0.438 e. The van der Waals surface area contributed by atoms with Gasteiger partial charge >= 0.3 is 6.16 Å². The molecular formula is C12H18O3. The molecular weight excluding hydrogens is 192 g/mol. The maximum atomic E-state index is 10.9. The molecule has 3 atom stereocenters. The summed E-state index contributed by atoms with van der Waals surface area (Å²) in [5.41, 5.74) is 1.56. The van der Waals surface area contributed by atoms with Crippen LogP contribution in [0.1, 0.15) is 26.2 Å². The highest BCUT2D eigenvalue weighted by molar-refractivity contribution is 5.59. The number of allylic oxidation sites excluding steroid dienone is 2. The molecule has 0 radical (unpaired) electrons. The highest BCUT2D eigenvalue weighted by Gasteiger charge is 2.42. The van der Waals surface area contributed by atoms with Crippen molar-refractivity contribution in [3.05, 3.63) is 11.6 Å². The molecule has 0 spiro atoms. The molecule has 2 aliphatic carbocycles. The van der Waals surface area contributed by atoms with Crippen LogP contribution in [0.25, 0.3) is 0 Å². The predicted octanol–water partition coefficient (Wildman–Crippen LogP) is 2.76. The Morgan fingerprint density at radius 2 is 2.33 bits per heavy atom. The highest BCUT2D eigenvalue weighted by Crippen LogP contribution is 2.51. The second-order valence-corrected chi connectivity index (χ2v) is 4.54. The summed E-state index contributed by atoms with van der Waals surface area (Å²) >= 11 is 0. The van der Waals surface area contributed by atoms with E-state index in [2.05, 4.69) is 17.7 Å². The molecule has 0 N–H and O–H groups in total. The number of hydrogen-bond donors (Lipinski definition) is 0. The Kier molecular flexibility index (Phi) is 2.98. The molecule has 0 aliphatic heterocycles. The summed E-state index contributed by atoms with van der Waals surface area (Å²) in [5, 5.41) is 0. The van der Waals surface area contributed by atoms with E-state index in [0.717, 1.165) is 5.92 Å². The van der Waals surface area contributed by atoms with Crippen LogP contribution >= 0.6 is 0 Å². The third-order valence-corrected chi connectivity index (χ3v) is 3.75. The summed E-state index contributed by atoms with van der Waals surface area (Å²) in [6.45, 7) is 2.62. The maximum Gasteiger partial charge on any atom is 0.507 e. The Balaban J connectivity index is 1.87. The normalized spacial score (nSPS) is 35.9. The molecule has 2 bridgehead atoms.